The zero-order valence-corrected chi connectivity index (χ0v) is 14.9. The Hall–Kier alpha value is -1.70. The quantitative estimate of drug-likeness (QED) is 0.857. The van der Waals surface area contributed by atoms with E-state index in [1.54, 1.807) is 40.5 Å². The molecule has 3 rings (SSSR count). The summed E-state index contributed by atoms with van der Waals surface area (Å²) in [5.41, 5.74) is 0.761. The van der Waals surface area contributed by atoms with Gasteiger partial charge in [0.25, 0.3) is 0 Å². The lowest BCUT2D eigenvalue weighted by atomic mass is 10.1. The van der Waals surface area contributed by atoms with Crippen molar-refractivity contribution in [2.75, 3.05) is 18.0 Å². The summed E-state index contributed by atoms with van der Waals surface area (Å²) in [5.74, 6) is 0.103. The van der Waals surface area contributed by atoms with Gasteiger partial charge >= 0.3 is 0 Å². The molecule has 2 aromatic rings. The van der Waals surface area contributed by atoms with Gasteiger partial charge in [0.1, 0.15) is 0 Å². The first-order chi connectivity index (χ1) is 11.6. The van der Waals surface area contributed by atoms with Gasteiger partial charge in [0, 0.05) is 30.1 Å². The molecule has 1 aliphatic heterocycles. The van der Waals surface area contributed by atoms with E-state index >= 15 is 0 Å². The summed E-state index contributed by atoms with van der Waals surface area (Å²) in [6.45, 7) is 1.07. The molecule has 5 nitrogen and oxygen atoms in total. The Balaban J connectivity index is 1.64. The van der Waals surface area contributed by atoms with Crippen molar-refractivity contribution in [3.8, 4) is 0 Å². The molecular weight excluding hydrogens is 344 g/mol. The van der Waals surface area contributed by atoms with Gasteiger partial charge in [0.15, 0.2) is 0 Å². The third-order valence-electron chi connectivity index (χ3n) is 4.03. The lowest BCUT2D eigenvalue weighted by Crippen LogP contribution is -2.35. The molecular formula is C17H20N2O3S2. The summed E-state index contributed by atoms with van der Waals surface area (Å²) in [4.78, 5) is 15.0. The maximum Gasteiger partial charge on any atom is 0.240 e. The molecule has 1 aromatic heterocycles. The third kappa shape index (κ3) is 4.03. The van der Waals surface area contributed by atoms with Crippen LogP contribution in [0.15, 0.2) is 46.7 Å². The van der Waals surface area contributed by atoms with Crippen molar-refractivity contribution in [3.05, 3.63) is 46.7 Å². The molecule has 2 heterocycles. The zero-order valence-electron chi connectivity index (χ0n) is 13.3. The Morgan fingerprint density at radius 2 is 1.92 bits per heavy atom. The molecule has 0 atom stereocenters. The molecule has 0 unspecified atom stereocenters. The molecule has 0 spiro atoms. The minimum absolute atomic E-state index is 0.103. The second kappa shape index (κ2) is 7.46. The van der Waals surface area contributed by atoms with Crippen LogP contribution in [-0.2, 0) is 21.2 Å². The van der Waals surface area contributed by atoms with E-state index in [2.05, 4.69) is 4.72 Å². The summed E-state index contributed by atoms with van der Waals surface area (Å²) in [6, 6.07) is 10.5. The second-order valence-corrected chi connectivity index (χ2v) is 8.52. The molecule has 1 saturated heterocycles. The maximum atomic E-state index is 12.3. The fraction of sp³-hybridized carbons (Fsp3) is 0.353. The predicted molar refractivity (Wildman–Crippen MR) is 95.9 cm³/mol. The van der Waals surface area contributed by atoms with Crippen molar-refractivity contribution in [2.45, 2.75) is 30.6 Å². The Labute approximate surface area is 146 Å². The van der Waals surface area contributed by atoms with E-state index < -0.39 is 10.0 Å². The summed E-state index contributed by atoms with van der Waals surface area (Å²) in [7, 11) is -3.52. The van der Waals surface area contributed by atoms with Gasteiger partial charge < -0.3 is 4.90 Å². The number of sulfonamides is 1. The number of nitrogens with zero attached hydrogens (tertiary/aromatic N) is 1. The Morgan fingerprint density at radius 1 is 1.12 bits per heavy atom. The van der Waals surface area contributed by atoms with Gasteiger partial charge in [-0.1, -0.05) is 6.07 Å². The van der Waals surface area contributed by atoms with Crippen molar-refractivity contribution in [1.29, 1.82) is 0 Å². The fourth-order valence-corrected chi connectivity index (χ4v) is 4.47. The summed E-state index contributed by atoms with van der Waals surface area (Å²) >= 11 is 1.61. The summed E-state index contributed by atoms with van der Waals surface area (Å²) < 4.78 is 27.3. The molecule has 128 valence electrons. The number of carbonyl (C=O) groups is 1. The molecule has 1 fully saturated rings. The highest BCUT2D eigenvalue weighted by Gasteiger charge is 2.20. The van der Waals surface area contributed by atoms with Crippen LogP contribution in [0.25, 0.3) is 0 Å². The number of hydrogen-bond donors (Lipinski definition) is 1. The van der Waals surface area contributed by atoms with Crippen LogP contribution < -0.4 is 9.62 Å². The van der Waals surface area contributed by atoms with Gasteiger partial charge in [0.05, 0.1) is 4.90 Å². The highest BCUT2D eigenvalue weighted by molar-refractivity contribution is 7.89. The number of carbonyl (C=O) groups excluding carboxylic acids is 1. The van der Waals surface area contributed by atoms with E-state index in [1.165, 1.54) is 0 Å². The standard InChI is InChI=1S/C17H20N2O3S2/c20-17-5-1-2-12-19(17)14-6-8-16(9-7-14)24(21,22)18-11-10-15-4-3-13-23-15/h3-4,6-9,13,18H,1-2,5,10-12H2. The SMILES string of the molecule is O=C1CCCCN1c1ccc(S(=O)(=O)NCCc2cccs2)cc1. The number of amides is 1. The monoisotopic (exact) mass is 364 g/mol. The van der Waals surface area contributed by atoms with Crippen molar-refractivity contribution in [1.82, 2.24) is 4.72 Å². The minimum Gasteiger partial charge on any atom is -0.312 e. The lowest BCUT2D eigenvalue weighted by molar-refractivity contribution is -0.119. The molecule has 7 heteroatoms. The number of thiophene rings is 1. The van der Waals surface area contributed by atoms with Crippen LogP contribution in [0.3, 0.4) is 0 Å². The first kappa shape index (κ1) is 17.1. The first-order valence-corrected chi connectivity index (χ1v) is 10.3. The Kier molecular flexibility index (Phi) is 5.33. The van der Waals surface area contributed by atoms with Crippen LogP contribution in [0.4, 0.5) is 5.69 Å². The first-order valence-electron chi connectivity index (χ1n) is 7.99. The van der Waals surface area contributed by atoms with Crippen LogP contribution in [0.2, 0.25) is 0 Å². The van der Waals surface area contributed by atoms with Gasteiger partial charge in [-0.25, -0.2) is 13.1 Å². The average Bonchev–Trinajstić information content (AvgIpc) is 3.09. The molecule has 1 amide bonds. The van der Waals surface area contributed by atoms with Gasteiger partial charge in [0.2, 0.25) is 15.9 Å². The van der Waals surface area contributed by atoms with Crippen molar-refractivity contribution >= 4 is 33.0 Å². The van der Waals surface area contributed by atoms with Crippen LogP contribution >= 0.6 is 11.3 Å². The largest absolute Gasteiger partial charge is 0.312 e. The third-order valence-corrected chi connectivity index (χ3v) is 6.44. The zero-order chi connectivity index (χ0) is 17.0. The molecule has 0 saturated carbocycles. The molecule has 1 aromatic carbocycles. The second-order valence-electron chi connectivity index (χ2n) is 5.72. The highest BCUT2D eigenvalue weighted by atomic mass is 32.2. The van der Waals surface area contributed by atoms with E-state index in [0.29, 0.717) is 25.9 Å². The van der Waals surface area contributed by atoms with E-state index in [9.17, 15) is 13.2 Å². The topological polar surface area (TPSA) is 66.5 Å². The smallest absolute Gasteiger partial charge is 0.240 e. The average molecular weight is 364 g/mol. The van der Waals surface area contributed by atoms with E-state index in [1.807, 2.05) is 17.5 Å². The predicted octanol–water partition coefficient (Wildman–Crippen LogP) is 2.79. The molecule has 1 aliphatic rings. The number of rotatable bonds is 6. The summed E-state index contributed by atoms with van der Waals surface area (Å²) in [6.07, 6.45) is 3.15. The van der Waals surface area contributed by atoms with Gasteiger partial charge in [-0.3, -0.25) is 4.79 Å². The van der Waals surface area contributed by atoms with E-state index in [0.717, 1.165) is 23.4 Å². The highest BCUT2D eigenvalue weighted by Crippen LogP contribution is 2.22. The molecule has 0 aliphatic carbocycles. The molecule has 24 heavy (non-hydrogen) atoms. The van der Waals surface area contributed by atoms with Crippen molar-refractivity contribution in [2.24, 2.45) is 0 Å². The van der Waals surface area contributed by atoms with Crippen molar-refractivity contribution < 1.29 is 13.2 Å². The van der Waals surface area contributed by atoms with Gasteiger partial charge in [-0.15, -0.1) is 11.3 Å². The number of benzene rings is 1. The van der Waals surface area contributed by atoms with Crippen molar-refractivity contribution in [3.63, 3.8) is 0 Å². The minimum atomic E-state index is -3.52. The number of piperidine rings is 1. The normalized spacial score (nSPS) is 15.7. The lowest BCUT2D eigenvalue weighted by Gasteiger charge is -2.26. The van der Waals surface area contributed by atoms with Crippen LogP contribution in [0.5, 0.6) is 0 Å². The molecule has 1 N–H and O–H groups in total. The number of hydrogen-bond acceptors (Lipinski definition) is 4. The van der Waals surface area contributed by atoms with Crippen LogP contribution in [0, 0.1) is 0 Å². The van der Waals surface area contributed by atoms with E-state index in [-0.39, 0.29) is 10.8 Å². The van der Waals surface area contributed by atoms with Gasteiger partial charge in [-0.2, -0.15) is 0 Å². The van der Waals surface area contributed by atoms with Crippen LogP contribution in [0.1, 0.15) is 24.1 Å². The van der Waals surface area contributed by atoms with Crippen LogP contribution in [-0.4, -0.2) is 27.4 Å². The Bertz CT molecular complexity index is 784. The Morgan fingerprint density at radius 3 is 2.58 bits per heavy atom. The van der Waals surface area contributed by atoms with E-state index in [4.69, 9.17) is 0 Å². The number of anilines is 1. The number of nitrogens with one attached hydrogen (secondary N) is 1. The summed E-state index contributed by atoms with van der Waals surface area (Å²) in [5, 5.41) is 1.98. The maximum absolute atomic E-state index is 12.3. The molecule has 0 radical (unpaired) electrons. The molecule has 0 bridgehead atoms. The fourth-order valence-electron chi connectivity index (χ4n) is 2.73. The van der Waals surface area contributed by atoms with Gasteiger partial charge in [-0.05, 0) is 55.0 Å².